The second kappa shape index (κ2) is 7.49. The standard InChI is InChI=1S/C18H26N4OS/c1-3-5-6-13-7-8-14-15(19)16(24-17(14)20-13)18(23)22-11-9-21(4-2)10-12-22/h7-8H,3-6,9-12,19H2,1-2H3. The van der Waals surface area contributed by atoms with Gasteiger partial charge in [-0.2, -0.15) is 0 Å². The quantitative estimate of drug-likeness (QED) is 0.904. The molecule has 1 fully saturated rings. The van der Waals surface area contributed by atoms with Gasteiger partial charge < -0.3 is 15.5 Å². The molecule has 0 aromatic carbocycles. The fraction of sp³-hybridized carbons (Fsp3) is 0.556. The minimum Gasteiger partial charge on any atom is -0.397 e. The maximum absolute atomic E-state index is 12.9. The van der Waals surface area contributed by atoms with E-state index in [9.17, 15) is 4.79 Å². The van der Waals surface area contributed by atoms with E-state index in [2.05, 4.69) is 18.7 Å². The van der Waals surface area contributed by atoms with Crippen molar-refractivity contribution in [1.29, 1.82) is 0 Å². The highest BCUT2D eigenvalue weighted by molar-refractivity contribution is 7.21. The van der Waals surface area contributed by atoms with Gasteiger partial charge in [0.15, 0.2) is 0 Å². The number of rotatable bonds is 5. The van der Waals surface area contributed by atoms with E-state index in [1.54, 1.807) is 0 Å². The third-order valence-corrected chi connectivity index (χ3v) is 5.84. The normalized spacial score (nSPS) is 16.0. The summed E-state index contributed by atoms with van der Waals surface area (Å²) in [6, 6.07) is 4.06. The highest BCUT2D eigenvalue weighted by Crippen LogP contribution is 2.33. The first-order valence-corrected chi connectivity index (χ1v) is 9.65. The predicted octanol–water partition coefficient (Wildman–Crippen LogP) is 3.00. The van der Waals surface area contributed by atoms with Gasteiger partial charge >= 0.3 is 0 Å². The van der Waals surface area contributed by atoms with Gasteiger partial charge in [0.25, 0.3) is 5.91 Å². The molecule has 0 aliphatic carbocycles. The fourth-order valence-corrected chi connectivity index (χ4v) is 4.18. The van der Waals surface area contributed by atoms with Crippen LogP contribution in [0.15, 0.2) is 12.1 Å². The molecule has 24 heavy (non-hydrogen) atoms. The lowest BCUT2D eigenvalue weighted by molar-refractivity contribution is 0.0649. The van der Waals surface area contributed by atoms with E-state index in [4.69, 9.17) is 10.7 Å². The molecule has 1 saturated heterocycles. The molecule has 0 saturated carbocycles. The number of aryl methyl sites for hydroxylation is 1. The number of fused-ring (bicyclic) bond motifs is 1. The van der Waals surface area contributed by atoms with Crippen LogP contribution in [0.25, 0.3) is 10.2 Å². The second-order valence-corrected chi connectivity index (χ2v) is 7.33. The van der Waals surface area contributed by atoms with Gasteiger partial charge in [0.2, 0.25) is 0 Å². The molecule has 0 radical (unpaired) electrons. The molecule has 5 nitrogen and oxygen atoms in total. The monoisotopic (exact) mass is 346 g/mol. The summed E-state index contributed by atoms with van der Waals surface area (Å²) in [5, 5.41) is 0.913. The summed E-state index contributed by atoms with van der Waals surface area (Å²) in [5.74, 6) is 0.0568. The summed E-state index contributed by atoms with van der Waals surface area (Å²) in [4.78, 5) is 23.4. The van der Waals surface area contributed by atoms with Crippen LogP contribution in [0.5, 0.6) is 0 Å². The zero-order chi connectivity index (χ0) is 17.1. The van der Waals surface area contributed by atoms with Crippen molar-refractivity contribution in [2.45, 2.75) is 33.1 Å². The van der Waals surface area contributed by atoms with Crippen molar-refractivity contribution in [1.82, 2.24) is 14.8 Å². The zero-order valence-corrected chi connectivity index (χ0v) is 15.4. The first-order valence-electron chi connectivity index (χ1n) is 8.83. The van der Waals surface area contributed by atoms with Gasteiger partial charge in [0, 0.05) is 37.3 Å². The number of carbonyl (C=O) groups is 1. The van der Waals surface area contributed by atoms with E-state index < -0.39 is 0 Å². The van der Waals surface area contributed by atoms with Crippen molar-refractivity contribution in [3.8, 4) is 0 Å². The van der Waals surface area contributed by atoms with Gasteiger partial charge in [-0.05, 0) is 31.5 Å². The Bertz CT molecular complexity index is 719. The second-order valence-electron chi connectivity index (χ2n) is 6.33. The molecule has 0 atom stereocenters. The summed E-state index contributed by atoms with van der Waals surface area (Å²) in [6.45, 7) is 8.79. The Labute approximate surface area is 147 Å². The third kappa shape index (κ3) is 3.39. The molecule has 2 N–H and O–H groups in total. The van der Waals surface area contributed by atoms with E-state index in [1.165, 1.54) is 11.3 Å². The minimum absolute atomic E-state index is 0.0568. The number of aromatic nitrogens is 1. The molecule has 2 aromatic heterocycles. The molecule has 130 valence electrons. The van der Waals surface area contributed by atoms with Crippen LogP contribution in [0, 0.1) is 0 Å². The zero-order valence-electron chi connectivity index (χ0n) is 14.5. The SMILES string of the molecule is CCCCc1ccc2c(N)c(C(=O)N3CCN(CC)CC3)sc2n1. The Kier molecular flexibility index (Phi) is 5.36. The largest absolute Gasteiger partial charge is 0.397 e. The lowest BCUT2D eigenvalue weighted by Gasteiger charge is -2.33. The smallest absolute Gasteiger partial charge is 0.266 e. The summed E-state index contributed by atoms with van der Waals surface area (Å²) in [6.07, 6.45) is 3.26. The van der Waals surface area contributed by atoms with Crippen molar-refractivity contribution in [2.24, 2.45) is 0 Å². The number of nitrogens with two attached hydrogens (primary N) is 1. The summed E-state index contributed by atoms with van der Waals surface area (Å²) >= 11 is 1.44. The number of pyridine rings is 1. The van der Waals surface area contributed by atoms with Gasteiger partial charge in [-0.1, -0.05) is 20.3 Å². The van der Waals surface area contributed by atoms with Crippen LogP contribution in [0.3, 0.4) is 0 Å². The molecular formula is C18H26N4OS. The molecule has 0 bridgehead atoms. The maximum atomic E-state index is 12.9. The average molecular weight is 347 g/mol. The van der Waals surface area contributed by atoms with Gasteiger partial charge in [0.05, 0.1) is 5.69 Å². The van der Waals surface area contributed by atoms with E-state index in [0.29, 0.717) is 10.6 Å². The van der Waals surface area contributed by atoms with Gasteiger partial charge in [-0.25, -0.2) is 4.98 Å². The fourth-order valence-electron chi connectivity index (χ4n) is 3.10. The number of nitrogen functional groups attached to an aromatic ring is 1. The third-order valence-electron chi connectivity index (χ3n) is 4.74. The summed E-state index contributed by atoms with van der Waals surface area (Å²) < 4.78 is 0. The van der Waals surface area contributed by atoms with Gasteiger partial charge in [0.1, 0.15) is 9.71 Å². The molecule has 0 unspecified atom stereocenters. The molecule has 1 aliphatic rings. The highest BCUT2D eigenvalue weighted by atomic mass is 32.1. The number of hydrogen-bond donors (Lipinski definition) is 1. The van der Waals surface area contributed by atoms with Crippen LogP contribution >= 0.6 is 11.3 Å². The van der Waals surface area contributed by atoms with Gasteiger partial charge in [-0.3, -0.25) is 4.79 Å². The first-order chi connectivity index (χ1) is 11.6. The van der Waals surface area contributed by atoms with Crippen LogP contribution < -0.4 is 5.73 Å². The lowest BCUT2D eigenvalue weighted by atomic mass is 10.1. The van der Waals surface area contributed by atoms with Crippen LogP contribution in [0.1, 0.15) is 42.1 Å². The number of hydrogen-bond acceptors (Lipinski definition) is 5. The Morgan fingerprint density at radius 3 is 2.67 bits per heavy atom. The van der Waals surface area contributed by atoms with Crippen molar-refractivity contribution < 1.29 is 4.79 Å². The van der Waals surface area contributed by atoms with Crippen LogP contribution in [-0.4, -0.2) is 53.4 Å². The number of amides is 1. The van der Waals surface area contributed by atoms with Crippen LogP contribution in [0.4, 0.5) is 5.69 Å². The summed E-state index contributed by atoms with van der Waals surface area (Å²) in [7, 11) is 0. The van der Waals surface area contributed by atoms with Crippen LogP contribution in [0.2, 0.25) is 0 Å². The Hall–Kier alpha value is -1.66. The average Bonchev–Trinajstić information content (AvgIpc) is 2.95. The number of nitrogens with zero attached hydrogens (tertiary/aromatic N) is 3. The van der Waals surface area contributed by atoms with Crippen molar-refractivity contribution in [2.75, 3.05) is 38.5 Å². The topological polar surface area (TPSA) is 62.5 Å². The molecule has 2 aromatic rings. The van der Waals surface area contributed by atoms with Crippen molar-refractivity contribution >= 4 is 33.1 Å². The number of unbranched alkanes of at least 4 members (excludes halogenated alkanes) is 1. The Morgan fingerprint density at radius 2 is 2.00 bits per heavy atom. The molecular weight excluding hydrogens is 320 g/mol. The minimum atomic E-state index is 0.0568. The Morgan fingerprint density at radius 1 is 1.25 bits per heavy atom. The van der Waals surface area contributed by atoms with E-state index in [-0.39, 0.29) is 5.91 Å². The molecule has 6 heteroatoms. The highest BCUT2D eigenvalue weighted by Gasteiger charge is 2.25. The molecule has 3 heterocycles. The Balaban J connectivity index is 1.81. The lowest BCUT2D eigenvalue weighted by Crippen LogP contribution is -2.48. The number of thiophene rings is 1. The summed E-state index contributed by atoms with van der Waals surface area (Å²) in [5.41, 5.74) is 7.94. The maximum Gasteiger partial charge on any atom is 0.266 e. The van der Waals surface area contributed by atoms with Crippen molar-refractivity contribution in [3.05, 3.63) is 22.7 Å². The molecule has 3 rings (SSSR count). The predicted molar refractivity (Wildman–Crippen MR) is 101 cm³/mol. The number of carbonyl (C=O) groups excluding carboxylic acids is 1. The molecule has 1 aliphatic heterocycles. The number of likely N-dealkylation sites (N-methyl/N-ethyl adjacent to an activating group) is 1. The molecule has 0 spiro atoms. The van der Waals surface area contributed by atoms with Crippen molar-refractivity contribution in [3.63, 3.8) is 0 Å². The first kappa shape index (κ1) is 17.2. The van der Waals surface area contributed by atoms with E-state index in [1.807, 2.05) is 17.0 Å². The van der Waals surface area contributed by atoms with Gasteiger partial charge in [-0.15, -0.1) is 11.3 Å². The number of piperazine rings is 1. The molecule has 1 amide bonds. The van der Waals surface area contributed by atoms with E-state index >= 15 is 0 Å². The van der Waals surface area contributed by atoms with Crippen LogP contribution in [-0.2, 0) is 6.42 Å². The number of anilines is 1. The van der Waals surface area contributed by atoms with E-state index in [0.717, 1.165) is 67.9 Å².